The third-order valence-electron chi connectivity index (χ3n) is 2.27. The number of nitrogens with zero attached hydrogens (tertiary/aromatic N) is 2. The van der Waals surface area contributed by atoms with Crippen molar-refractivity contribution < 1.29 is 5.11 Å². The van der Waals surface area contributed by atoms with E-state index in [1.165, 1.54) is 11.3 Å². The van der Waals surface area contributed by atoms with Gasteiger partial charge in [0.15, 0.2) is 0 Å². The minimum absolute atomic E-state index is 0.498. The van der Waals surface area contributed by atoms with Gasteiger partial charge in [-0.1, -0.05) is 0 Å². The molecule has 0 atom stereocenters. The lowest BCUT2D eigenvalue weighted by atomic mass is 10.2. The van der Waals surface area contributed by atoms with Crippen LogP contribution < -0.4 is 5.73 Å². The van der Waals surface area contributed by atoms with E-state index in [1.807, 2.05) is 19.1 Å². The SMILES string of the molecule is Cc1cc(N)nc(-c2cnc(C(C)(C)O)s2)c1. The lowest BCUT2D eigenvalue weighted by Crippen LogP contribution is -2.14. The maximum atomic E-state index is 9.86. The van der Waals surface area contributed by atoms with Gasteiger partial charge in [0.05, 0.1) is 10.6 Å². The van der Waals surface area contributed by atoms with Crippen molar-refractivity contribution in [1.82, 2.24) is 9.97 Å². The van der Waals surface area contributed by atoms with Crippen molar-refractivity contribution in [1.29, 1.82) is 0 Å². The molecule has 0 bridgehead atoms. The van der Waals surface area contributed by atoms with Crippen molar-refractivity contribution in [3.05, 3.63) is 28.9 Å². The maximum absolute atomic E-state index is 9.86. The van der Waals surface area contributed by atoms with Crippen molar-refractivity contribution >= 4 is 17.2 Å². The second-order valence-corrected chi connectivity index (χ2v) is 5.57. The Morgan fingerprint density at radius 3 is 2.59 bits per heavy atom. The monoisotopic (exact) mass is 249 g/mol. The van der Waals surface area contributed by atoms with E-state index in [1.54, 1.807) is 20.0 Å². The molecule has 0 aromatic carbocycles. The summed E-state index contributed by atoms with van der Waals surface area (Å²) in [6, 6.07) is 3.78. The van der Waals surface area contributed by atoms with Gasteiger partial charge in [0.1, 0.15) is 16.4 Å². The molecule has 0 spiro atoms. The first-order chi connectivity index (χ1) is 7.86. The van der Waals surface area contributed by atoms with E-state index in [0.29, 0.717) is 10.8 Å². The van der Waals surface area contributed by atoms with Crippen LogP contribution in [0.4, 0.5) is 5.82 Å². The van der Waals surface area contributed by atoms with Gasteiger partial charge in [-0.25, -0.2) is 9.97 Å². The van der Waals surface area contributed by atoms with Gasteiger partial charge in [0.25, 0.3) is 0 Å². The first-order valence-corrected chi connectivity index (χ1v) is 6.11. The van der Waals surface area contributed by atoms with E-state index in [9.17, 15) is 5.11 Å². The first-order valence-electron chi connectivity index (χ1n) is 5.29. The van der Waals surface area contributed by atoms with Crippen LogP contribution in [0.2, 0.25) is 0 Å². The standard InChI is InChI=1S/C12H15N3OS/c1-7-4-8(15-10(13)5-7)9-6-14-11(17-9)12(2,3)16/h4-6,16H,1-3H3,(H2,13,15). The molecule has 0 unspecified atom stereocenters. The number of nitrogens with two attached hydrogens (primary N) is 1. The predicted molar refractivity (Wildman–Crippen MR) is 69.7 cm³/mol. The van der Waals surface area contributed by atoms with Crippen LogP contribution in [0, 0.1) is 6.92 Å². The molecule has 3 N–H and O–H groups in total. The van der Waals surface area contributed by atoms with E-state index in [-0.39, 0.29) is 0 Å². The maximum Gasteiger partial charge on any atom is 0.124 e. The summed E-state index contributed by atoms with van der Waals surface area (Å²) in [7, 11) is 0. The Kier molecular flexibility index (Phi) is 2.89. The summed E-state index contributed by atoms with van der Waals surface area (Å²) in [5.74, 6) is 0.498. The normalized spacial score (nSPS) is 11.8. The molecule has 4 nitrogen and oxygen atoms in total. The summed E-state index contributed by atoms with van der Waals surface area (Å²) in [6.07, 6.45) is 1.72. The largest absolute Gasteiger partial charge is 0.384 e. The fourth-order valence-corrected chi connectivity index (χ4v) is 2.37. The fourth-order valence-electron chi connectivity index (χ4n) is 1.50. The third-order valence-corrected chi connectivity index (χ3v) is 3.60. The number of aryl methyl sites for hydroxylation is 1. The van der Waals surface area contributed by atoms with Gasteiger partial charge in [-0.3, -0.25) is 0 Å². The number of pyridine rings is 1. The summed E-state index contributed by atoms with van der Waals surface area (Å²) in [5.41, 5.74) is 6.66. The van der Waals surface area contributed by atoms with Gasteiger partial charge in [-0.15, -0.1) is 11.3 Å². The van der Waals surface area contributed by atoms with Crippen molar-refractivity contribution in [3.8, 4) is 10.6 Å². The average Bonchev–Trinajstić information content (AvgIpc) is 2.63. The Morgan fingerprint density at radius 2 is 2.06 bits per heavy atom. The Morgan fingerprint density at radius 1 is 1.35 bits per heavy atom. The highest BCUT2D eigenvalue weighted by molar-refractivity contribution is 7.15. The summed E-state index contributed by atoms with van der Waals surface area (Å²) in [6.45, 7) is 5.40. The molecule has 2 rings (SSSR count). The second-order valence-electron chi connectivity index (χ2n) is 4.54. The number of hydrogen-bond donors (Lipinski definition) is 2. The van der Waals surface area contributed by atoms with Crippen LogP contribution in [0.1, 0.15) is 24.4 Å². The molecule has 0 fully saturated rings. The molecule has 17 heavy (non-hydrogen) atoms. The van der Waals surface area contributed by atoms with E-state index >= 15 is 0 Å². The van der Waals surface area contributed by atoms with Crippen molar-refractivity contribution in [3.63, 3.8) is 0 Å². The van der Waals surface area contributed by atoms with Gasteiger partial charge in [-0.2, -0.15) is 0 Å². The van der Waals surface area contributed by atoms with E-state index in [4.69, 9.17) is 5.73 Å². The van der Waals surface area contributed by atoms with Crippen LogP contribution in [-0.2, 0) is 5.60 Å². The summed E-state index contributed by atoms with van der Waals surface area (Å²) >= 11 is 1.43. The quantitative estimate of drug-likeness (QED) is 0.856. The Balaban J connectivity index is 2.44. The Bertz CT molecular complexity index is 523. The van der Waals surface area contributed by atoms with Gasteiger partial charge in [0.2, 0.25) is 0 Å². The average molecular weight is 249 g/mol. The van der Waals surface area contributed by atoms with Gasteiger partial charge in [0, 0.05) is 6.20 Å². The minimum atomic E-state index is -0.918. The number of anilines is 1. The van der Waals surface area contributed by atoms with Crippen LogP contribution in [0.25, 0.3) is 10.6 Å². The van der Waals surface area contributed by atoms with Crippen LogP contribution >= 0.6 is 11.3 Å². The zero-order valence-electron chi connectivity index (χ0n) is 10.1. The molecule has 90 valence electrons. The zero-order valence-corrected chi connectivity index (χ0v) is 10.9. The summed E-state index contributed by atoms with van der Waals surface area (Å²) < 4.78 is 0. The number of aliphatic hydroxyl groups is 1. The molecule has 0 saturated heterocycles. The molecule has 0 aliphatic heterocycles. The topological polar surface area (TPSA) is 72.0 Å². The molecule has 2 aromatic heterocycles. The van der Waals surface area contributed by atoms with Crippen molar-refractivity contribution in [2.24, 2.45) is 0 Å². The number of hydrogen-bond acceptors (Lipinski definition) is 5. The second kappa shape index (κ2) is 4.09. The molecule has 0 saturated carbocycles. The van der Waals surface area contributed by atoms with Gasteiger partial charge in [-0.05, 0) is 38.5 Å². The molecule has 0 amide bonds. The molecule has 0 radical (unpaired) electrons. The fraction of sp³-hybridized carbons (Fsp3) is 0.333. The lowest BCUT2D eigenvalue weighted by Gasteiger charge is -2.12. The number of rotatable bonds is 2. The van der Waals surface area contributed by atoms with E-state index < -0.39 is 5.60 Å². The minimum Gasteiger partial charge on any atom is -0.384 e. The molecule has 2 aromatic rings. The Labute approximate surface area is 104 Å². The Hall–Kier alpha value is -1.46. The molecule has 2 heterocycles. The van der Waals surface area contributed by atoms with E-state index in [2.05, 4.69) is 9.97 Å². The highest BCUT2D eigenvalue weighted by Gasteiger charge is 2.21. The van der Waals surface area contributed by atoms with Gasteiger partial charge >= 0.3 is 0 Å². The molecular formula is C12H15N3OS. The third kappa shape index (κ3) is 2.62. The van der Waals surface area contributed by atoms with E-state index in [0.717, 1.165) is 16.1 Å². The number of thiazole rings is 1. The lowest BCUT2D eigenvalue weighted by molar-refractivity contribution is 0.0783. The number of nitrogen functional groups attached to an aromatic ring is 1. The zero-order chi connectivity index (χ0) is 12.6. The molecule has 0 aliphatic carbocycles. The van der Waals surface area contributed by atoms with Crippen LogP contribution in [0.3, 0.4) is 0 Å². The van der Waals surface area contributed by atoms with Crippen LogP contribution in [0.5, 0.6) is 0 Å². The van der Waals surface area contributed by atoms with Crippen LogP contribution in [-0.4, -0.2) is 15.1 Å². The summed E-state index contributed by atoms with van der Waals surface area (Å²) in [5, 5.41) is 10.5. The van der Waals surface area contributed by atoms with Crippen molar-refractivity contribution in [2.75, 3.05) is 5.73 Å². The van der Waals surface area contributed by atoms with Gasteiger partial charge < -0.3 is 10.8 Å². The smallest absolute Gasteiger partial charge is 0.124 e. The highest BCUT2D eigenvalue weighted by Crippen LogP contribution is 2.31. The summed E-state index contributed by atoms with van der Waals surface area (Å²) in [4.78, 5) is 9.39. The number of aromatic nitrogens is 2. The predicted octanol–water partition coefficient (Wildman–Crippen LogP) is 2.32. The first kappa shape index (κ1) is 12.0. The van der Waals surface area contributed by atoms with Crippen molar-refractivity contribution in [2.45, 2.75) is 26.4 Å². The molecule has 0 aliphatic rings. The van der Waals surface area contributed by atoms with Crippen LogP contribution in [0.15, 0.2) is 18.3 Å². The highest BCUT2D eigenvalue weighted by atomic mass is 32.1. The molecular weight excluding hydrogens is 234 g/mol. The molecule has 5 heteroatoms.